The first-order valence-electron chi connectivity index (χ1n) is 9.29. The van der Waals surface area contributed by atoms with Gasteiger partial charge in [-0.2, -0.15) is 0 Å². The molecule has 7 nitrogen and oxygen atoms in total. The minimum Gasteiger partial charge on any atom is -0.459 e. The lowest BCUT2D eigenvalue weighted by Crippen LogP contribution is -2.50. The zero-order valence-electron chi connectivity index (χ0n) is 15.7. The van der Waals surface area contributed by atoms with Gasteiger partial charge in [0.15, 0.2) is 5.76 Å². The normalized spacial score (nSPS) is 14.0. The molecule has 1 fully saturated rings. The van der Waals surface area contributed by atoms with Crippen LogP contribution in [-0.2, 0) is 4.79 Å². The van der Waals surface area contributed by atoms with E-state index in [9.17, 15) is 23.2 Å². The van der Waals surface area contributed by atoms with Crippen molar-refractivity contribution in [3.63, 3.8) is 0 Å². The van der Waals surface area contributed by atoms with Crippen LogP contribution in [0.5, 0.6) is 0 Å². The fourth-order valence-electron chi connectivity index (χ4n) is 3.08. The van der Waals surface area contributed by atoms with Gasteiger partial charge in [0.25, 0.3) is 11.8 Å². The summed E-state index contributed by atoms with van der Waals surface area (Å²) < 4.78 is 31.6. The Morgan fingerprint density at radius 1 is 1.03 bits per heavy atom. The summed E-state index contributed by atoms with van der Waals surface area (Å²) in [6, 6.07) is 5.99. The lowest BCUT2D eigenvalue weighted by Gasteiger charge is -2.34. The van der Waals surface area contributed by atoms with E-state index in [0.29, 0.717) is 38.7 Å². The van der Waals surface area contributed by atoms with Gasteiger partial charge in [-0.05, 0) is 30.7 Å². The standard InChI is InChI=1S/C20H21F2N3O4/c21-14-5-6-15(16(22)13-14)19(27)23-7-1-4-18(26)24-8-10-25(11-9-24)20(28)17-3-2-12-29-17/h2-3,5-6,12-13H,1,4,7-11H2,(H,23,27). The van der Waals surface area contributed by atoms with Gasteiger partial charge in [-0.25, -0.2) is 8.78 Å². The number of carbonyl (C=O) groups is 3. The van der Waals surface area contributed by atoms with E-state index < -0.39 is 17.5 Å². The van der Waals surface area contributed by atoms with Crippen molar-refractivity contribution in [1.29, 1.82) is 0 Å². The van der Waals surface area contributed by atoms with Crippen LogP contribution in [0.4, 0.5) is 8.78 Å². The molecule has 29 heavy (non-hydrogen) atoms. The van der Waals surface area contributed by atoms with Crippen LogP contribution in [0.3, 0.4) is 0 Å². The molecule has 1 aromatic carbocycles. The minimum absolute atomic E-state index is 0.0719. The Morgan fingerprint density at radius 2 is 1.76 bits per heavy atom. The first-order valence-corrected chi connectivity index (χ1v) is 9.29. The second-order valence-corrected chi connectivity index (χ2v) is 6.63. The van der Waals surface area contributed by atoms with Crippen LogP contribution in [0.1, 0.15) is 33.8 Å². The molecule has 0 unspecified atom stereocenters. The number of amides is 3. The Balaban J connectivity index is 1.37. The number of rotatable bonds is 6. The topological polar surface area (TPSA) is 82.9 Å². The summed E-state index contributed by atoms with van der Waals surface area (Å²) in [6.07, 6.45) is 2.05. The van der Waals surface area contributed by atoms with Gasteiger partial charge >= 0.3 is 0 Å². The lowest BCUT2D eigenvalue weighted by molar-refractivity contribution is -0.132. The molecule has 9 heteroatoms. The highest BCUT2D eigenvalue weighted by atomic mass is 19.1. The van der Waals surface area contributed by atoms with E-state index >= 15 is 0 Å². The summed E-state index contributed by atoms with van der Waals surface area (Å²) in [5, 5.41) is 2.52. The van der Waals surface area contributed by atoms with Crippen LogP contribution >= 0.6 is 0 Å². The summed E-state index contributed by atoms with van der Waals surface area (Å²) in [6.45, 7) is 1.90. The van der Waals surface area contributed by atoms with Gasteiger partial charge in [0.05, 0.1) is 11.8 Å². The number of hydrogen-bond acceptors (Lipinski definition) is 4. The molecule has 0 aliphatic carbocycles. The largest absolute Gasteiger partial charge is 0.459 e. The molecule has 1 saturated heterocycles. The van der Waals surface area contributed by atoms with Gasteiger partial charge in [0.1, 0.15) is 11.6 Å². The molecule has 154 valence electrons. The van der Waals surface area contributed by atoms with Crippen molar-refractivity contribution in [2.24, 2.45) is 0 Å². The number of benzene rings is 1. The van der Waals surface area contributed by atoms with E-state index in [0.717, 1.165) is 12.1 Å². The predicted octanol–water partition coefficient (Wildman–Crippen LogP) is 2.05. The number of furan rings is 1. The number of nitrogens with zero attached hydrogens (tertiary/aromatic N) is 2. The molecule has 1 aliphatic heterocycles. The summed E-state index contributed by atoms with van der Waals surface area (Å²) in [4.78, 5) is 39.7. The third-order valence-corrected chi connectivity index (χ3v) is 4.68. The highest BCUT2D eigenvalue weighted by molar-refractivity contribution is 5.94. The quantitative estimate of drug-likeness (QED) is 0.746. The zero-order valence-corrected chi connectivity index (χ0v) is 15.7. The number of halogens is 2. The van der Waals surface area contributed by atoms with Crippen molar-refractivity contribution in [2.45, 2.75) is 12.8 Å². The average molecular weight is 405 g/mol. The van der Waals surface area contributed by atoms with Crippen LogP contribution in [-0.4, -0.2) is 60.2 Å². The molecule has 2 aromatic rings. The Hall–Kier alpha value is -3.23. The Bertz CT molecular complexity index is 878. The second-order valence-electron chi connectivity index (χ2n) is 6.63. The molecule has 0 saturated carbocycles. The molecule has 0 spiro atoms. The third-order valence-electron chi connectivity index (χ3n) is 4.68. The maximum atomic E-state index is 13.6. The molecule has 1 aromatic heterocycles. The van der Waals surface area contributed by atoms with Gasteiger partial charge < -0.3 is 19.5 Å². The van der Waals surface area contributed by atoms with Gasteiger partial charge in [-0.1, -0.05) is 0 Å². The van der Waals surface area contributed by atoms with Gasteiger partial charge in [-0.3, -0.25) is 14.4 Å². The molecule has 1 aliphatic rings. The van der Waals surface area contributed by atoms with Crippen molar-refractivity contribution in [3.8, 4) is 0 Å². The average Bonchev–Trinajstić information content (AvgIpc) is 3.25. The summed E-state index contributed by atoms with van der Waals surface area (Å²) in [5.74, 6) is -2.33. The highest BCUT2D eigenvalue weighted by Gasteiger charge is 2.25. The molecule has 3 amide bonds. The first kappa shape index (κ1) is 20.5. The molecule has 1 N–H and O–H groups in total. The van der Waals surface area contributed by atoms with Crippen LogP contribution in [0.25, 0.3) is 0 Å². The van der Waals surface area contributed by atoms with E-state index in [1.165, 1.54) is 6.26 Å². The van der Waals surface area contributed by atoms with E-state index in [4.69, 9.17) is 4.42 Å². The Morgan fingerprint density at radius 3 is 2.41 bits per heavy atom. The van der Waals surface area contributed by atoms with Gasteiger partial charge in [0.2, 0.25) is 5.91 Å². The van der Waals surface area contributed by atoms with Crippen molar-refractivity contribution >= 4 is 17.7 Å². The van der Waals surface area contributed by atoms with E-state index in [1.807, 2.05) is 0 Å². The Labute approximate surface area is 166 Å². The van der Waals surface area contributed by atoms with E-state index in [1.54, 1.807) is 21.9 Å². The number of piperazine rings is 1. The van der Waals surface area contributed by atoms with Crippen LogP contribution in [0.15, 0.2) is 41.0 Å². The van der Waals surface area contributed by atoms with Gasteiger partial charge in [0, 0.05) is 45.2 Å². The molecule has 0 atom stereocenters. The molecular weight excluding hydrogens is 384 g/mol. The Kier molecular flexibility index (Phi) is 6.58. The maximum absolute atomic E-state index is 13.6. The number of hydrogen-bond donors (Lipinski definition) is 1. The summed E-state index contributed by atoms with van der Waals surface area (Å²) >= 11 is 0. The van der Waals surface area contributed by atoms with E-state index in [2.05, 4.69) is 5.32 Å². The third kappa shape index (κ3) is 5.18. The lowest BCUT2D eigenvalue weighted by atomic mass is 10.2. The van der Waals surface area contributed by atoms with Crippen LogP contribution in [0, 0.1) is 11.6 Å². The minimum atomic E-state index is -0.930. The van der Waals surface area contributed by atoms with Crippen molar-refractivity contribution < 1.29 is 27.6 Å². The molecule has 3 rings (SSSR count). The molecule has 2 heterocycles. The molecular formula is C20H21F2N3O4. The summed E-state index contributed by atoms with van der Waals surface area (Å²) in [5.41, 5.74) is -0.241. The number of carbonyl (C=O) groups excluding carboxylic acids is 3. The highest BCUT2D eigenvalue weighted by Crippen LogP contribution is 2.11. The van der Waals surface area contributed by atoms with Crippen LogP contribution < -0.4 is 5.32 Å². The van der Waals surface area contributed by atoms with Crippen molar-refractivity contribution in [2.75, 3.05) is 32.7 Å². The van der Waals surface area contributed by atoms with Crippen molar-refractivity contribution in [3.05, 3.63) is 59.6 Å². The zero-order chi connectivity index (χ0) is 20.8. The SMILES string of the molecule is O=C(NCCCC(=O)N1CCN(C(=O)c2ccco2)CC1)c1ccc(F)cc1F. The fourth-order valence-corrected chi connectivity index (χ4v) is 3.08. The first-order chi connectivity index (χ1) is 14.0. The monoisotopic (exact) mass is 405 g/mol. The van der Waals surface area contributed by atoms with E-state index in [-0.39, 0.29) is 36.1 Å². The predicted molar refractivity (Wildman–Crippen MR) is 99.1 cm³/mol. The smallest absolute Gasteiger partial charge is 0.289 e. The van der Waals surface area contributed by atoms with Crippen LogP contribution in [0.2, 0.25) is 0 Å². The maximum Gasteiger partial charge on any atom is 0.289 e. The molecule has 0 bridgehead atoms. The molecule has 0 radical (unpaired) electrons. The fraction of sp³-hybridized carbons (Fsp3) is 0.350. The van der Waals surface area contributed by atoms with Crippen molar-refractivity contribution in [1.82, 2.24) is 15.1 Å². The summed E-state index contributed by atoms with van der Waals surface area (Å²) in [7, 11) is 0. The van der Waals surface area contributed by atoms with Gasteiger partial charge in [-0.15, -0.1) is 0 Å². The number of nitrogens with one attached hydrogen (secondary N) is 1. The second kappa shape index (κ2) is 9.31.